The molecule has 1 N–H and O–H groups in total. The van der Waals surface area contributed by atoms with Gasteiger partial charge in [-0.15, -0.1) is 0 Å². The Balaban J connectivity index is 1.62. The van der Waals surface area contributed by atoms with E-state index in [1.807, 2.05) is 42.5 Å². The minimum Gasteiger partial charge on any atom is -0.452 e. The van der Waals surface area contributed by atoms with Gasteiger partial charge in [0.25, 0.3) is 5.91 Å². The molecule has 0 aliphatic carbocycles. The Labute approximate surface area is 192 Å². The molecule has 0 saturated carbocycles. The highest BCUT2D eigenvalue weighted by Crippen LogP contribution is 2.25. The predicted octanol–water partition coefficient (Wildman–Crippen LogP) is 4.32. The molecule has 0 aliphatic rings. The Morgan fingerprint density at radius 2 is 1.62 bits per heavy atom. The van der Waals surface area contributed by atoms with Gasteiger partial charge >= 0.3 is 5.97 Å². The average molecular weight is 472 g/mol. The number of hydrogen-bond acceptors (Lipinski definition) is 5. The summed E-state index contributed by atoms with van der Waals surface area (Å²) in [7, 11) is -3.47. The van der Waals surface area contributed by atoms with Crippen molar-refractivity contribution in [3.05, 3.63) is 94.5 Å². The van der Waals surface area contributed by atoms with Crippen molar-refractivity contribution in [2.45, 2.75) is 17.7 Å². The third kappa shape index (κ3) is 6.42. The summed E-state index contributed by atoms with van der Waals surface area (Å²) in [5.74, 6) is -1.24. The van der Waals surface area contributed by atoms with E-state index in [9.17, 15) is 18.0 Å². The lowest BCUT2D eigenvalue weighted by Gasteiger charge is -2.11. The van der Waals surface area contributed by atoms with Crippen LogP contribution in [0.25, 0.3) is 0 Å². The number of benzene rings is 3. The first-order valence-corrected chi connectivity index (χ1v) is 12.1. The molecule has 0 saturated heterocycles. The number of hydrogen-bond donors (Lipinski definition) is 1. The number of ether oxygens (including phenoxy) is 1. The van der Waals surface area contributed by atoms with Gasteiger partial charge in [0.2, 0.25) is 0 Å². The van der Waals surface area contributed by atoms with Gasteiger partial charge in [0, 0.05) is 6.26 Å². The van der Waals surface area contributed by atoms with Crippen LogP contribution in [0, 0.1) is 0 Å². The molecule has 3 aromatic carbocycles. The minimum absolute atomic E-state index is 0.0153. The maximum Gasteiger partial charge on any atom is 0.338 e. The lowest BCUT2D eigenvalue weighted by atomic mass is 10.00. The number of nitrogens with one attached hydrogen (secondary N) is 1. The van der Waals surface area contributed by atoms with Gasteiger partial charge in [-0.1, -0.05) is 60.1 Å². The van der Waals surface area contributed by atoms with E-state index in [4.69, 9.17) is 16.3 Å². The Morgan fingerprint density at radius 1 is 0.938 bits per heavy atom. The standard InChI is InChI=1S/C24H22ClNO5S/c1-32(29,30)19-13-14-21(25)22(15-19)26-23(27)16-31-24(28)20-10-6-5-9-18(20)12-11-17-7-3-2-4-8-17/h2-10,13-15H,11-12,16H2,1H3,(H,26,27). The van der Waals surface area contributed by atoms with Gasteiger partial charge in [-0.2, -0.15) is 0 Å². The minimum atomic E-state index is -3.47. The SMILES string of the molecule is CS(=O)(=O)c1ccc(Cl)c(NC(=O)COC(=O)c2ccccc2CCc2ccccc2)c1. The third-order valence-electron chi connectivity index (χ3n) is 4.74. The van der Waals surface area contributed by atoms with E-state index in [0.29, 0.717) is 12.0 Å². The van der Waals surface area contributed by atoms with Crippen LogP contribution in [-0.4, -0.2) is 33.2 Å². The maximum absolute atomic E-state index is 12.6. The van der Waals surface area contributed by atoms with E-state index in [1.165, 1.54) is 18.2 Å². The summed E-state index contributed by atoms with van der Waals surface area (Å²) >= 11 is 6.04. The maximum atomic E-state index is 12.6. The van der Waals surface area contributed by atoms with Crippen molar-refractivity contribution in [3.63, 3.8) is 0 Å². The quantitative estimate of drug-likeness (QED) is 0.494. The van der Waals surface area contributed by atoms with Gasteiger partial charge < -0.3 is 10.1 Å². The fourth-order valence-corrected chi connectivity index (χ4v) is 3.90. The van der Waals surface area contributed by atoms with Gasteiger partial charge in [-0.25, -0.2) is 13.2 Å². The van der Waals surface area contributed by atoms with Gasteiger partial charge in [0.15, 0.2) is 16.4 Å². The topological polar surface area (TPSA) is 89.5 Å². The molecule has 0 aromatic heterocycles. The molecule has 0 bridgehead atoms. The number of aryl methyl sites for hydroxylation is 2. The van der Waals surface area contributed by atoms with Crippen LogP contribution in [0.3, 0.4) is 0 Å². The summed E-state index contributed by atoms with van der Waals surface area (Å²) in [6, 6.07) is 21.0. The summed E-state index contributed by atoms with van der Waals surface area (Å²) in [5, 5.41) is 2.65. The van der Waals surface area contributed by atoms with E-state index >= 15 is 0 Å². The summed E-state index contributed by atoms with van der Waals surface area (Å²) < 4.78 is 28.6. The van der Waals surface area contributed by atoms with Crippen LogP contribution in [0.2, 0.25) is 5.02 Å². The number of amides is 1. The van der Waals surface area contributed by atoms with Crippen LogP contribution in [0.5, 0.6) is 0 Å². The summed E-state index contributed by atoms with van der Waals surface area (Å²) in [6.45, 7) is -0.536. The fourth-order valence-electron chi connectivity index (χ4n) is 3.09. The van der Waals surface area contributed by atoms with E-state index in [2.05, 4.69) is 5.32 Å². The zero-order valence-corrected chi connectivity index (χ0v) is 18.9. The zero-order valence-electron chi connectivity index (χ0n) is 17.4. The molecule has 3 rings (SSSR count). The zero-order chi connectivity index (χ0) is 23.1. The molecule has 0 aliphatic heterocycles. The largest absolute Gasteiger partial charge is 0.452 e. The molecular formula is C24H22ClNO5S. The molecule has 0 spiro atoms. The number of rotatable bonds is 8. The number of esters is 1. The highest BCUT2D eigenvalue weighted by atomic mass is 35.5. The molecule has 0 heterocycles. The van der Waals surface area contributed by atoms with Gasteiger partial charge in [-0.3, -0.25) is 4.79 Å². The first kappa shape index (κ1) is 23.5. The van der Waals surface area contributed by atoms with Gasteiger partial charge in [-0.05, 0) is 48.2 Å². The molecule has 0 radical (unpaired) electrons. The van der Waals surface area contributed by atoms with Crippen LogP contribution < -0.4 is 5.32 Å². The normalized spacial score (nSPS) is 11.1. The average Bonchev–Trinajstić information content (AvgIpc) is 2.77. The van der Waals surface area contributed by atoms with E-state index in [1.54, 1.807) is 12.1 Å². The Kier molecular flexibility index (Phi) is 7.66. The molecule has 166 valence electrons. The lowest BCUT2D eigenvalue weighted by molar-refractivity contribution is -0.119. The monoisotopic (exact) mass is 471 g/mol. The first-order valence-electron chi connectivity index (χ1n) is 9.82. The molecule has 32 heavy (non-hydrogen) atoms. The highest BCUT2D eigenvalue weighted by Gasteiger charge is 2.16. The molecular weight excluding hydrogens is 450 g/mol. The van der Waals surface area contributed by atoms with Crippen molar-refractivity contribution >= 4 is 39.0 Å². The van der Waals surface area contributed by atoms with Crippen LogP contribution in [0.4, 0.5) is 5.69 Å². The van der Waals surface area contributed by atoms with Crippen molar-refractivity contribution in [1.29, 1.82) is 0 Å². The van der Waals surface area contributed by atoms with Crippen molar-refractivity contribution < 1.29 is 22.7 Å². The second kappa shape index (κ2) is 10.4. The Hall–Kier alpha value is -3.16. The van der Waals surface area contributed by atoms with Crippen LogP contribution in [0.1, 0.15) is 21.5 Å². The number of carbonyl (C=O) groups is 2. The van der Waals surface area contributed by atoms with Crippen LogP contribution in [-0.2, 0) is 32.2 Å². The summed E-state index contributed by atoms with van der Waals surface area (Å²) in [4.78, 5) is 24.9. The van der Waals surface area contributed by atoms with Crippen LogP contribution in [0.15, 0.2) is 77.7 Å². The first-order chi connectivity index (χ1) is 15.2. The number of sulfone groups is 1. The molecule has 3 aromatic rings. The van der Waals surface area contributed by atoms with Crippen molar-refractivity contribution in [3.8, 4) is 0 Å². The molecule has 0 fully saturated rings. The molecule has 8 heteroatoms. The lowest BCUT2D eigenvalue weighted by Crippen LogP contribution is -2.21. The van der Waals surface area contributed by atoms with E-state index in [-0.39, 0.29) is 15.6 Å². The predicted molar refractivity (Wildman–Crippen MR) is 124 cm³/mol. The van der Waals surface area contributed by atoms with E-state index in [0.717, 1.165) is 23.8 Å². The number of anilines is 1. The molecule has 1 amide bonds. The second-order valence-corrected chi connectivity index (χ2v) is 9.60. The Bertz CT molecular complexity index is 1230. The summed E-state index contributed by atoms with van der Waals surface area (Å²) in [6.07, 6.45) is 2.47. The van der Waals surface area contributed by atoms with Crippen molar-refractivity contribution in [2.75, 3.05) is 18.2 Å². The van der Waals surface area contributed by atoms with Gasteiger partial charge in [0.05, 0.1) is 21.2 Å². The number of carbonyl (C=O) groups excluding carboxylic acids is 2. The third-order valence-corrected chi connectivity index (χ3v) is 6.18. The smallest absolute Gasteiger partial charge is 0.338 e. The van der Waals surface area contributed by atoms with E-state index < -0.39 is 28.3 Å². The highest BCUT2D eigenvalue weighted by molar-refractivity contribution is 7.90. The van der Waals surface area contributed by atoms with Gasteiger partial charge in [0.1, 0.15) is 0 Å². The molecule has 0 unspecified atom stereocenters. The van der Waals surface area contributed by atoms with Crippen LogP contribution >= 0.6 is 11.6 Å². The fraction of sp³-hybridized carbons (Fsp3) is 0.167. The molecule has 0 atom stereocenters. The summed E-state index contributed by atoms with van der Waals surface area (Å²) in [5.41, 5.74) is 2.50. The number of halogens is 1. The Morgan fingerprint density at radius 3 is 2.34 bits per heavy atom. The van der Waals surface area contributed by atoms with Crippen molar-refractivity contribution in [2.24, 2.45) is 0 Å². The second-order valence-electron chi connectivity index (χ2n) is 7.18. The van der Waals surface area contributed by atoms with Crippen molar-refractivity contribution in [1.82, 2.24) is 0 Å². The molecule has 6 nitrogen and oxygen atoms in total.